The van der Waals surface area contributed by atoms with Crippen molar-refractivity contribution in [3.05, 3.63) is 53.7 Å². The van der Waals surface area contributed by atoms with Crippen molar-refractivity contribution in [3.63, 3.8) is 0 Å². The first-order valence-electron chi connectivity index (χ1n) is 7.71. The molecule has 0 amide bonds. The third-order valence-electron chi connectivity index (χ3n) is 3.57. The lowest BCUT2D eigenvalue weighted by molar-refractivity contribution is 0.396. The Bertz CT molecular complexity index is 679. The molecule has 0 aliphatic rings. The standard InChI is InChI=1S/C18H24N4OS.HI/c1-19-18(20-12-15-6-5-7-17(21-15)23-3)22(2)13-14-8-10-16(24-4)11-9-14;/h5-11H,12-13H2,1-4H3,(H,19,20);1H. The molecule has 0 aliphatic carbocycles. The van der Waals surface area contributed by atoms with Crippen molar-refractivity contribution < 1.29 is 4.74 Å². The van der Waals surface area contributed by atoms with Gasteiger partial charge in [0.15, 0.2) is 5.96 Å². The van der Waals surface area contributed by atoms with Crippen LogP contribution < -0.4 is 10.1 Å². The molecule has 1 aromatic heterocycles. The second kappa shape index (κ2) is 11.2. The summed E-state index contributed by atoms with van der Waals surface area (Å²) in [7, 11) is 5.43. The van der Waals surface area contributed by atoms with Crippen LogP contribution in [0.1, 0.15) is 11.3 Å². The highest BCUT2D eigenvalue weighted by Gasteiger charge is 2.07. The van der Waals surface area contributed by atoms with E-state index in [2.05, 4.69) is 50.7 Å². The van der Waals surface area contributed by atoms with Crippen LogP contribution >= 0.6 is 35.7 Å². The Hall–Kier alpha value is -1.48. The fraction of sp³-hybridized carbons (Fsp3) is 0.333. The lowest BCUT2D eigenvalue weighted by Crippen LogP contribution is -2.38. The molecule has 0 unspecified atom stereocenters. The number of rotatable bonds is 6. The number of aromatic nitrogens is 1. The van der Waals surface area contributed by atoms with E-state index in [-0.39, 0.29) is 24.0 Å². The third-order valence-corrected chi connectivity index (χ3v) is 4.31. The molecule has 1 aromatic carbocycles. The number of pyridine rings is 1. The molecule has 0 saturated carbocycles. The van der Waals surface area contributed by atoms with Gasteiger partial charge in [0.05, 0.1) is 19.3 Å². The molecule has 2 rings (SSSR count). The number of ether oxygens (including phenoxy) is 1. The molecule has 136 valence electrons. The lowest BCUT2D eigenvalue weighted by atomic mass is 10.2. The highest BCUT2D eigenvalue weighted by Crippen LogP contribution is 2.15. The average Bonchev–Trinajstić information content (AvgIpc) is 2.63. The van der Waals surface area contributed by atoms with Crippen LogP contribution in [0.25, 0.3) is 0 Å². The minimum Gasteiger partial charge on any atom is -0.481 e. The van der Waals surface area contributed by atoms with Crippen molar-refractivity contribution in [1.29, 1.82) is 0 Å². The monoisotopic (exact) mass is 472 g/mol. The molecular weight excluding hydrogens is 447 g/mol. The molecule has 5 nitrogen and oxygen atoms in total. The quantitative estimate of drug-likeness (QED) is 0.301. The van der Waals surface area contributed by atoms with Gasteiger partial charge in [-0.25, -0.2) is 4.98 Å². The first-order chi connectivity index (χ1) is 11.7. The first-order valence-corrected chi connectivity index (χ1v) is 8.93. The summed E-state index contributed by atoms with van der Waals surface area (Å²) in [6.45, 7) is 1.39. The molecule has 0 spiro atoms. The summed E-state index contributed by atoms with van der Waals surface area (Å²) in [4.78, 5) is 12.1. The van der Waals surface area contributed by atoms with Gasteiger partial charge in [-0.3, -0.25) is 4.99 Å². The lowest BCUT2D eigenvalue weighted by Gasteiger charge is -2.22. The van der Waals surface area contributed by atoms with Gasteiger partial charge in [0.1, 0.15) is 0 Å². The minimum absolute atomic E-state index is 0. The molecule has 0 radical (unpaired) electrons. The van der Waals surface area contributed by atoms with Crippen LogP contribution in [0.3, 0.4) is 0 Å². The number of halogens is 1. The van der Waals surface area contributed by atoms with Gasteiger partial charge in [-0.1, -0.05) is 18.2 Å². The van der Waals surface area contributed by atoms with Crippen molar-refractivity contribution in [2.24, 2.45) is 4.99 Å². The maximum Gasteiger partial charge on any atom is 0.213 e. The molecule has 0 aliphatic heterocycles. The van der Waals surface area contributed by atoms with Crippen LogP contribution in [0.2, 0.25) is 0 Å². The SMILES string of the molecule is CN=C(NCc1cccc(OC)n1)N(C)Cc1ccc(SC)cc1.I. The molecule has 25 heavy (non-hydrogen) atoms. The zero-order chi connectivity index (χ0) is 17.4. The number of hydrogen-bond donors (Lipinski definition) is 1. The molecule has 0 saturated heterocycles. The van der Waals surface area contributed by atoms with E-state index < -0.39 is 0 Å². The zero-order valence-electron chi connectivity index (χ0n) is 15.0. The Labute approximate surface area is 171 Å². The fourth-order valence-electron chi connectivity index (χ4n) is 2.30. The summed E-state index contributed by atoms with van der Waals surface area (Å²) in [5, 5.41) is 3.33. The summed E-state index contributed by atoms with van der Waals surface area (Å²) >= 11 is 1.75. The Morgan fingerprint density at radius 2 is 1.96 bits per heavy atom. The topological polar surface area (TPSA) is 49.8 Å². The largest absolute Gasteiger partial charge is 0.481 e. The van der Waals surface area contributed by atoms with Crippen LogP contribution in [0.15, 0.2) is 52.4 Å². The van der Waals surface area contributed by atoms with E-state index in [1.165, 1.54) is 10.5 Å². The van der Waals surface area contributed by atoms with Gasteiger partial charge in [-0.2, -0.15) is 0 Å². The van der Waals surface area contributed by atoms with Gasteiger partial charge in [0.2, 0.25) is 5.88 Å². The van der Waals surface area contributed by atoms with Gasteiger partial charge in [-0.15, -0.1) is 35.7 Å². The number of nitrogens with one attached hydrogen (secondary N) is 1. The van der Waals surface area contributed by atoms with Crippen LogP contribution in [0, 0.1) is 0 Å². The number of aliphatic imine (C=N–C) groups is 1. The number of hydrogen-bond acceptors (Lipinski definition) is 4. The molecule has 2 aromatic rings. The van der Waals surface area contributed by atoms with E-state index in [0.29, 0.717) is 12.4 Å². The molecule has 0 atom stereocenters. The Balaban J connectivity index is 0.00000312. The Morgan fingerprint density at radius 3 is 2.56 bits per heavy atom. The maximum atomic E-state index is 5.15. The minimum atomic E-state index is 0. The summed E-state index contributed by atoms with van der Waals surface area (Å²) < 4.78 is 5.15. The maximum absolute atomic E-state index is 5.15. The van der Waals surface area contributed by atoms with Gasteiger partial charge < -0.3 is 15.0 Å². The fourth-order valence-corrected chi connectivity index (χ4v) is 2.71. The van der Waals surface area contributed by atoms with Crippen molar-refractivity contribution in [2.45, 2.75) is 18.0 Å². The summed E-state index contributed by atoms with van der Waals surface area (Å²) in [6.07, 6.45) is 2.08. The Morgan fingerprint density at radius 1 is 1.24 bits per heavy atom. The van der Waals surface area contributed by atoms with Gasteiger partial charge in [0, 0.05) is 31.6 Å². The van der Waals surface area contributed by atoms with Crippen LogP contribution in [-0.2, 0) is 13.1 Å². The second-order valence-corrected chi connectivity index (χ2v) is 6.16. The number of methoxy groups -OCH3 is 1. The second-order valence-electron chi connectivity index (χ2n) is 5.28. The van der Waals surface area contributed by atoms with E-state index in [0.717, 1.165) is 18.2 Å². The predicted molar refractivity (Wildman–Crippen MR) is 116 cm³/mol. The first kappa shape index (κ1) is 21.6. The number of benzene rings is 1. The van der Waals surface area contributed by atoms with E-state index >= 15 is 0 Å². The average molecular weight is 472 g/mol. The van der Waals surface area contributed by atoms with Gasteiger partial charge in [0.25, 0.3) is 0 Å². The smallest absolute Gasteiger partial charge is 0.213 e. The van der Waals surface area contributed by atoms with Crippen molar-refractivity contribution in [2.75, 3.05) is 27.5 Å². The molecular formula is C18H25IN4OS. The van der Waals surface area contributed by atoms with E-state index in [1.807, 2.05) is 25.2 Å². The normalized spacial score (nSPS) is 10.8. The number of thioether (sulfide) groups is 1. The molecule has 1 heterocycles. The van der Waals surface area contributed by atoms with Crippen molar-refractivity contribution in [1.82, 2.24) is 15.2 Å². The molecule has 7 heteroatoms. The van der Waals surface area contributed by atoms with Gasteiger partial charge >= 0.3 is 0 Å². The Kier molecular flexibility index (Phi) is 9.66. The van der Waals surface area contributed by atoms with E-state index in [4.69, 9.17) is 4.74 Å². The highest BCUT2D eigenvalue weighted by atomic mass is 127. The predicted octanol–water partition coefficient (Wildman–Crippen LogP) is 3.64. The molecule has 1 N–H and O–H groups in total. The molecule has 0 fully saturated rings. The zero-order valence-corrected chi connectivity index (χ0v) is 18.2. The third kappa shape index (κ3) is 6.74. The summed E-state index contributed by atoms with van der Waals surface area (Å²) in [5.41, 5.74) is 2.16. The summed E-state index contributed by atoms with van der Waals surface area (Å²) in [5.74, 6) is 1.44. The summed E-state index contributed by atoms with van der Waals surface area (Å²) in [6, 6.07) is 14.3. The van der Waals surface area contributed by atoms with Crippen LogP contribution in [0.4, 0.5) is 0 Å². The van der Waals surface area contributed by atoms with Crippen molar-refractivity contribution in [3.8, 4) is 5.88 Å². The van der Waals surface area contributed by atoms with Crippen LogP contribution in [0.5, 0.6) is 5.88 Å². The molecule has 0 bridgehead atoms. The van der Waals surface area contributed by atoms with Crippen molar-refractivity contribution >= 4 is 41.7 Å². The number of guanidine groups is 1. The van der Waals surface area contributed by atoms with E-state index in [1.54, 1.807) is 25.9 Å². The van der Waals surface area contributed by atoms with Crippen LogP contribution in [-0.4, -0.2) is 43.3 Å². The number of nitrogens with zero attached hydrogens (tertiary/aromatic N) is 3. The highest BCUT2D eigenvalue weighted by molar-refractivity contribution is 14.0. The van der Waals surface area contributed by atoms with Gasteiger partial charge in [-0.05, 0) is 30.0 Å². The van der Waals surface area contributed by atoms with E-state index in [9.17, 15) is 0 Å².